The van der Waals surface area contributed by atoms with Gasteiger partial charge in [-0.05, 0) is 96.1 Å². The van der Waals surface area contributed by atoms with Crippen LogP contribution in [-0.4, -0.2) is 75.7 Å². The summed E-state index contributed by atoms with van der Waals surface area (Å²) in [7, 11) is -7.00. The van der Waals surface area contributed by atoms with E-state index >= 15 is 0 Å². The summed E-state index contributed by atoms with van der Waals surface area (Å²) in [5, 5.41) is 0. The second kappa shape index (κ2) is 15.8. The van der Waals surface area contributed by atoms with Crippen LogP contribution in [0.5, 0.6) is 11.5 Å². The summed E-state index contributed by atoms with van der Waals surface area (Å²) in [5.74, 6) is 1.28. The van der Waals surface area contributed by atoms with E-state index in [0.29, 0.717) is 37.6 Å². The summed E-state index contributed by atoms with van der Waals surface area (Å²) in [6, 6.07) is 27.5. The molecule has 278 valence electrons. The summed E-state index contributed by atoms with van der Waals surface area (Å²) < 4.78 is 66.7. The number of hydrogen-bond donors (Lipinski definition) is 2. The fraction of sp³-hybridized carbons (Fsp3) is 0.200. The normalized spacial score (nSPS) is 12.6. The Bertz CT molecular complexity index is 2460. The van der Waals surface area contributed by atoms with E-state index in [1.807, 2.05) is 109 Å². The molecule has 0 atom stereocenters. The van der Waals surface area contributed by atoms with Gasteiger partial charge in [-0.15, -0.1) is 0 Å². The highest BCUT2D eigenvalue weighted by Crippen LogP contribution is 2.34. The van der Waals surface area contributed by atoms with Crippen molar-refractivity contribution in [1.82, 2.24) is 19.9 Å². The van der Waals surface area contributed by atoms with Crippen molar-refractivity contribution in [2.24, 2.45) is 0 Å². The zero-order chi connectivity index (χ0) is 37.7. The highest BCUT2D eigenvalue weighted by atomic mass is 32.2. The molecular formula is C40H38N4O8S2. The van der Waals surface area contributed by atoms with Gasteiger partial charge in [-0.1, -0.05) is 24.3 Å². The van der Waals surface area contributed by atoms with Gasteiger partial charge in [0.1, 0.15) is 11.5 Å². The van der Waals surface area contributed by atoms with Crippen molar-refractivity contribution in [3.8, 4) is 33.8 Å². The fourth-order valence-electron chi connectivity index (χ4n) is 6.08. The van der Waals surface area contributed by atoms with Gasteiger partial charge in [0.2, 0.25) is 0 Å². The molecule has 8 bridgehead atoms. The highest BCUT2D eigenvalue weighted by molar-refractivity contribution is 7.86. The average Bonchev–Trinajstić information content (AvgIpc) is 3.95. The maximum absolute atomic E-state index is 11.3. The van der Waals surface area contributed by atoms with E-state index in [4.69, 9.17) is 27.8 Å². The summed E-state index contributed by atoms with van der Waals surface area (Å²) >= 11 is 0. The lowest BCUT2D eigenvalue weighted by Crippen LogP contribution is -2.07. The van der Waals surface area contributed by atoms with Crippen LogP contribution in [0.4, 0.5) is 0 Å². The second-order valence-corrected chi connectivity index (χ2v) is 16.0. The van der Waals surface area contributed by atoms with Crippen LogP contribution >= 0.6 is 0 Å². The molecule has 0 radical (unpaired) electrons. The Morgan fingerprint density at radius 3 is 1.41 bits per heavy atom. The molecule has 12 nitrogen and oxygen atoms in total. The third kappa shape index (κ3) is 9.51. The molecule has 0 saturated heterocycles. The predicted molar refractivity (Wildman–Crippen MR) is 212 cm³/mol. The first-order chi connectivity index (χ1) is 26.0. The van der Waals surface area contributed by atoms with E-state index in [1.165, 1.54) is 0 Å². The van der Waals surface area contributed by atoms with Crippen LogP contribution in [0, 0.1) is 0 Å². The molecule has 0 amide bonds. The number of fused-ring (bicyclic) bond motifs is 8. The van der Waals surface area contributed by atoms with Gasteiger partial charge in [-0.3, -0.25) is 8.37 Å². The van der Waals surface area contributed by atoms with Crippen LogP contribution in [-0.2, 0) is 28.6 Å². The van der Waals surface area contributed by atoms with E-state index in [-0.39, 0.29) is 13.2 Å². The highest BCUT2D eigenvalue weighted by Gasteiger charge is 2.15. The predicted octanol–water partition coefficient (Wildman–Crippen LogP) is 7.48. The maximum Gasteiger partial charge on any atom is 0.264 e. The molecule has 0 spiro atoms. The molecule has 0 saturated carbocycles. The number of nitrogens with zero attached hydrogens (tertiary/aromatic N) is 2. The quantitative estimate of drug-likeness (QED) is 0.0838. The molecule has 3 aromatic heterocycles. The molecule has 54 heavy (non-hydrogen) atoms. The minimum absolute atomic E-state index is 0.0478. The Hall–Kier alpha value is -5.54. The van der Waals surface area contributed by atoms with Crippen LogP contribution in [0.3, 0.4) is 0 Å². The molecule has 5 heterocycles. The maximum atomic E-state index is 11.3. The third-order valence-corrected chi connectivity index (χ3v) is 9.54. The Morgan fingerprint density at radius 2 is 0.981 bits per heavy atom. The lowest BCUT2D eigenvalue weighted by molar-refractivity contribution is 0.251. The van der Waals surface area contributed by atoms with Crippen molar-refractivity contribution in [2.45, 2.75) is 12.8 Å². The van der Waals surface area contributed by atoms with Crippen molar-refractivity contribution < 1.29 is 34.7 Å². The number of H-pyrrole nitrogens is 2. The standard InChI is InChI=1S/C40H38N4O8S2/c1-53(45,46)51-21-5-19-49-33-9-3-7-27(23-33)39-35-15-11-29(41-35)25-31-13-17-37(43-31)40(38-18-14-32(44-38)26-30-12-16-36(39)42-30)28-8-4-10-34(24-28)50-20-6-22-52-54(2,47)48/h3-4,7-18,23-26,41,44H,5-6,19-22H2,1-2H3. The minimum atomic E-state index is -3.50. The van der Waals surface area contributed by atoms with Gasteiger partial charge < -0.3 is 19.4 Å². The largest absolute Gasteiger partial charge is 0.493 e. The van der Waals surface area contributed by atoms with Gasteiger partial charge >= 0.3 is 0 Å². The van der Waals surface area contributed by atoms with E-state index < -0.39 is 20.2 Å². The summed E-state index contributed by atoms with van der Waals surface area (Å²) in [6.07, 6.45) is 10.8. The third-order valence-electron chi connectivity index (χ3n) is 8.35. The van der Waals surface area contributed by atoms with E-state index in [2.05, 4.69) is 9.97 Å². The number of ether oxygens (including phenoxy) is 2. The van der Waals surface area contributed by atoms with E-state index in [0.717, 1.165) is 79.6 Å². The molecule has 2 N–H and O–H groups in total. The fourth-order valence-corrected chi connectivity index (χ4v) is 6.92. The Kier molecular flexibility index (Phi) is 10.8. The molecule has 2 aromatic carbocycles. The summed E-state index contributed by atoms with van der Waals surface area (Å²) in [5.41, 5.74) is 10.1. The van der Waals surface area contributed by atoms with Crippen molar-refractivity contribution in [2.75, 3.05) is 38.9 Å². The van der Waals surface area contributed by atoms with Gasteiger partial charge in [0.15, 0.2) is 0 Å². The minimum Gasteiger partial charge on any atom is -0.493 e. The first-order valence-corrected chi connectivity index (χ1v) is 20.8. The number of hydrogen-bond acceptors (Lipinski definition) is 10. The lowest BCUT2D eigenvalue weighted by atomic mass is 10.0. The smallest absolute Gasteiger partial charge is 0.264 e. The van der Waals surface area contributed by atoms with Gasteiger partial charge in [0, 0.05) is 46.0 Å². The first-order valence-electron chi connectivity index (χ1n) is 17.2. The summed E-state index contributed by atoms with van der Waals surface area (Å²) in [6.45, 7) is 0.678. The van der Waals surface area contributed by atoms with Gasteiger partial charge in [0.25, 0.3) is 20.2 Å². The zero-order valence-corrected chi connectivity index (χ0v) is 31.2. The van der Waals surface area contributed by atoms with E-state index in [1.54, 1.807) is 0 Å². The van der Waals surface area contributed by atoms with E-state index in [9.17, 15) is 16.8 Å². The van der Waals surface area contributed by atoms with Crippen LogP contribution < -0.4 is 9.47 Å². The molecular weight excluding hydrogens is 729 g/mol. The topological polar surface area (TPSA) is 163 Å². The van der Waals surface area contributed by atoms with Crippen molar-refractivity contribution in [3.63, 3.8) is 0 Å². The number of benzene rings is 2. The lowest BCUT2D eigenvalue weighted by Gasteiger charge is -2.09. The molecule has 14 heteroatoms. The van der Waals surface area contributed by atoms with Gasteiger partial charge in [-0.25, -0.2) is 9.97 Å². The molecule has 0 fully saturated rings. The SMILES string of the molecule is CS(=O)(=O)OCCCOc1cccc(-c2c3nc(cc4ccc([nH]4)c(-c4cccc(OCCCOS(C)(=O)=O)c4)c4nc(cc5ccc2[nH]5)C=C4)C=C3)c1. The van der Waals surface area contributed by atoms with Gasteiger partial charge in [0.05, 0.1) is 61.7 Å². The molecule has 5 aromatic rings. The molecule has 7 rings (SSSR count). The van der Waals surface area contributed by atoms with Crippen LogP contribution in [0.2, 0.25) is 0 Å². The van der Waals surface area contributed by atoms with Crippen molar-refractivity contribution >= 4 is 66.6 Å². The van der Waals surface area contributed by atoms with Crippen LogP contribution in [0.1, 0.15) is 35.6 Å². The first kappa shape index (κ1) is 36.8. The monoisotopic (exact) mass is 766 g/mol. The zero-order valence-electron chi connectivity index (χ0n) is 29.6. The van der Waals surface area contributed by atoms with Gasteiger partial charge in [-0.2, -0.15) is 16.8 Å². The summed E-state index contributed by atoms with van der Waals surface area (Å²) in [4.78, 5) is 17.2. The molecule has 0 unspecified atom stereocenters. The van der Waals surface area contributed by atoms with Crippen LogP contribution in [0.15, 0.2) is 84.9 Å². The Balaban J connectivity index is 1.26. The second-order valence-electron chi connectivity index (χ2n) is 12.7. The van der Waals surface area contributed by atoms with Crippen molar-refractivity contribution in [3.05, 3.63) is 108 Å². The molecule has 0 aliphatic carbocycles. The van der Waals surface area contributed by atoms with Crippen molar-refractivity contribution in [1.29, 1.82) is 0 Å². The number of nitrogens with one attached hydrogen (secondary N) is 2. The average molecular weight is 767 g/mol. The number of aromatic amines is 2. The van der Waals surface area contributed by atoms with Crippen LogP contribution in [0.25, 0.3) is 68.6 Å². The molecule has 2 aliphatic heterocycles. The Morgan fingerprint density at radius 1 is 0.537 bits per heavy atom. The number of aromatic nitrogens is 4. The molecule has 2 aliphatic rings. The number of rotatable bonds is 14. The Labute approximate surface area is 313 Å².